The van der Waals surface area contributed by atoms with Crippen LogP contribution in [0.4, 0.5) is 5.69 Å². The van der Waals surface area contributed by atoms with Crippen LogP contribution in [0.25, 0.3) is 0 Å². The first kappa shape index (κ1) is 22.8. The number of methoxy groups -OCH3 is 1. The fraction of sp³-hybridized carbons (Fsp3) is 0.364. The van der Waals surface area contributed by atoms with Crippen LogP contribution in [0.1, 0.15) is 17.2 Å². The van der Waals surface area contributed by atoms with Gasteiger partial charge in [-0.3, -0.25) is 9.59 Å². The van der Waals surface area contributed by atoms with E-state index in [1.807, 2.05) is 69.6 Å². The van der Waals surface area contributed by atoms with Crippen LogP contribution in [0.2, 0.25) is 0 Å². The average molecular weight is 416 g/mol. The molecule has 0 fully saturated rings. The summed E-state index contributed by atoms with van der Waals surface area (Å²) in [6.07, 6.45) is 0. The van der Waals surface area contributed by atoms with E-state index in [9.17, 15) is 9.59 Å². The minimum absolute atomic E-state index is 0.0551. The molecular weight excluding hydrogens is 386 g/mol. The van der Waals surface area contributed by atoms with Gasteiger partial charge < -0.3 is 20.3 Å². The molecule has 1 unspecified atom stereocenters. The fourth-order valence-electron chi connectivity index (χ4n) is 2.84. The molecule has 0 aromatic heterocycles. The average Bonchev–Trinajstić information content (AvgIpc) is 2.68. The van der Waals surface area contributed by atoms with Crippen molar-refractivity contribution in [2.75, 3.05) is 44.6 Å². The number of aryl methyl sites for hydroxylation is 1. The third-order valence-corrected chi connectivity index (χ3v) is 5.32. The lowest BCUT2D eigenvalue weighted by atomic mass is 10.1. The highest BCUT2D eigenvalue weighted by molar-refractivity contribution is 8.00. The second kappa shape index (κ2) is 11.5. The Morgan fingerprint density at radius 1 is 1.07 bits per heavy atom. The van der Waals surface area contributed by atoms with Gasteiger partial charge in [-0.15, -0.1) is 11.8 Å². The van der Waals surface area contributed by atoms with Gasteiger partial charge >= 0.3 is 0 Å². The van der Waals surface area contributed by atoms with E-state index in [4.69, 9.17) is 4.74 Å². The van der Waals surface area contributed by atoms with Crippen molar-refractivity contribution in [1.82, 2.24) is 10.2 Å². The minimum Gasteiger partial charge on any atom is -0.497 e. The number of hydrogen-bond acceptors (Lipinski definition) is 5. The summed E-state index contributed by atoms with van der Waals surface area (Å²) in [5, 5.41) is 5.80. The molecule has 2 amide bonds. The zero-order valence-electron chi connectivity index (χ0n) is 17.4. The number of carbonyl (C=O) groups is 2. The Labute approximate surface area is 177 Å². The molecule has 0 saturated carbocycles. The van der Waals surface area contributed by atoms with E-state index in [2.05, 4.69) is 15.5 Å². The molecule has 156 valence electrons. The third kappa shape index (κ3) is 7.79. The molecule has 2 N–H and O–H groups in total. The van der Waals surface area contributed by atoms with E-state index in [1.54, 1.807) is 7.11 Å². The highest BCUT2D eigenvalue weighted by Crippen LogP contribution is 2.20. The van der Waals surface area contributed by atoms with Crippen molar-refractivity contribution in [3.8, 4) is 5.75 Å². The maximum atomic E-state index is 12.2. The second-order valence-corrected chi connectivity index (χ2v) is 7.95. The number of carbonyl (C=O) groups excluding carboxylic acids is 2. The summed E-state index contributed by atoms with van der Waals surface area (Å²) >= 11 is 1.30. The lowest BCUT2D eigenvalue weighted by Gasteiger charge is -2.25. The Hall–Kier alpha value is -2.51. The van der Waals surface area contributed by atoms with E-state index >= 15 is 0 Å². The molecule has 0 aliphatic rings. The molecule has 2 aromatic rings. The normalized spacial score (nSPS) is 11.8. The van der Waals surface area contributed by atoms with Crippen molar-refractivity contribution in [1.29, 1.82) is 0 Å². The van der Waals surface area contributed by atoms with Crippen LogP contribution in [0, 0.1) is 6.92 Å². The highest BCUT2D eigenvalue weighted by Gasteiger charge is 2.15. The van der Waals surface area contributed by atoms with Crippen molar-refractivity contribution in [3.63, 3.8) is 0 Å². The van der Waals surface area contributed by atoms with Gasteiger partial charge in [0.15, 0.2) is 0 Å². The summed E-state index contributed by atoms with van der Waals surface area (Å²) in [5.41, 5.74) is 2.96. The van der Waals surface area contributed by atoms with Crippen molar-refractivity contribution >= 4 is 29.3 Å². The quantitative estimate of drug-likeness (QED) is 0.624. The molecule has 2 aromatic carbocycles. The van der Waals surface area contributed by atoms with E-state index in [0.717, 1.165) is 22.6 Å². The molecular formula is C22H29N3O3S. The molecule has 7 heteroatoms. The summed E-state index contributed by atoms with van der Waals surface area (Å²) in [5.74, 6) is 1.08. The Kier molecular flexibility index (Phi) is 9.02. The number of rotatable bonds is 10. The minimum atomic E-state index is -0.113. The fourth-order valence-corrected chi connectivity index (χ4v) is 3.49. The third-order valence-electron chi connectivity index (χ3n) is 4.38. The molecule has 0 radical (unpaired) electrons. The number of amides is 2. The van der Waals surface area contributed by atoms with Crippen LogP contribution in [0.5, 0.6) is 5.75 Å². The van der Waals surface area contributed by atoms with Gasteiger partial charge in [-0.2, -0.15) is 0 Å². The molecule has 0 aliphatic heterocycles. The van der Waals surface area contributed by atoms with E-state index in [1.165, 1.54) is 11.8 Å². The molecule has 2 rings (SSSR count). The first-order valence-corrected chi connectivity index (χ1v) is 10.6. The van der Waals surface area contributed by atoms with Gasteiger partial charge in [0.25, 0.3) is 0 Å². The lowest BCUT2D eigenvalue weighted by molar-refractivity contribution is -0.118. The summed E-state index contributed by atoms with van der Waals surface area (Å²) < 4.78 is 5.20. The Morgan fingerprint density at radius 2 is 1.76 bits per heavy atom. The van der Waals surface area contributed by atoms with Gasteiger partial charge in [0.2, 0.25) is 11.8 Å². The van der Waals surface area contributed by atoms with E-state index in [-0.39, 0.29) is 29.4 Å². The smallest absolute Gasteiger partial charge is 0.234 e. The topological polar surface area (TPSA) is 70.7 Å². The monoisotopic (exact) mass is 415 g/mol. The van der Waals surface area contributed by atoms with Crippen molar-refractivity contribution in [2.45, 2.75) is 13.0 Å². The number of thioether (sulfide) groups is 1. The molecule has 0 bridgehead atoms. The van der Waals surface area contributed by atoms with Crippen LogP contribution >= 0.6 is 11.8 Å². The summed E-state index contributed by atoms with van der Waals surface area (Å²) in [6.45, 7) is 2.47. The molecule has 1 atom stereocenters. The standard InChI is InChI=1S/C22H29N3O3S/c1-16-6-5-7-18(12-16)24-22(27)15-29-14-21(26)23-13-20(25(2)3)17-8-10-19(28-4)11-9-17/h5-12,20H,13-15H2,1-4H3,(H,23,26)(H,24,27). The molecule has 0 spiro atoms. The number of nitrogens with zero attached hydrogens (tertiary/aromatic N) is 1. The Balaban J connectivity index is 1.75. The number of ether oxygens (including phenoxy) is 1. The van der Waals surface area contributed by atoms with Crippen LogP contribution in [0.15, 0.2) is 48.5 Å². The van der Waals surface area contributed by atoms with Gasteiger partial charge in [-0.25, -0.2) is 0 Å². The molecule has 6 nitrogen and oxygen atoms in total. The molecule has 0 saturated heterocycles. The van der Waals surface area contributed by atoms with Crippen molar-refractivity contribution < 1.29 is 14.3 Å². The summed E-state index contributed by atoms with van der Waals surface area (Å²) in [4.78, 5) is 26.3. The van der Waals surface area contributed by atoms with E-state index < -0.39 is 0 Å². The molecule has 0 heterocycles. The zero-order chi connectivity index (χ0) is 21.2. The summed E-state index contributed by atoms with van der Waals surface area (Å²) in [6, 6.07) is 15.5. The van der Waals surface area contributed by atoms with Crippen LogP contribution in [-0.2, 0) is 9.59 Å². The zero-order valence-corrected chi connectivity index (χ0v) is 18.2. The predicted octanol–water partition coefficient (Wildman–Crippen LogP) is 3.09. The largest absolute Gasteiger partial charge is 0.497 e. The van der Waals surface area contributed by atoms with Crippen molar-refractivity contribution in [2.24, 2.45) is 0 Å². The number of hydrogen-bond donors (Lipinski definition) is 2. The number of benzene rings is 2. The van der Waals surface area contributed by atoms with Gasteiger partial charge in [-0.1, -0.05) is 24.3 Å². The highest BCUT2D eigenvalue weighted by atomic mass is 32.2. The SMILES string of the molecule is COc1ccc(C(CNC(=O)CSCC(=O)Nc2cccc(C)c2)N(C)C)cc1. The van der Waals surface area contributed by atoms with Crippen LogP contribution in [0.3, 0.4) is 0 Å². The first-order chi connectivity index (χ1) is 13.9. The Bertz CT molecular complexity index is 809. The Morgan fingerprint density at radius 3 is 2.38 bits per heavy atom. The second-order valence-electron chi connectivity index (χ2n) is 6.97. The van der Waals surface area contributed by atoms with E-state index in [0.29, 0.717) is 6.54 Å². The van der Waals surface area contributed by atoms with Gasteiger partial charge in [0.1, 0.15) is 5.75 Å². The van der Waals surface area contributed by atoms with Crippen LogP contribution in [-0.4, -0.2) is 56.0 Å². The number of likely N-dealkylation sites (N-methyl/N-ethyl adjacent to an activating group) is 1. The maximum absolute atomic E-state index is 12.2. The number of anilines is 1. The maximum Gasteiger partial charge on any atom is 0.234 e. The summed E-state index contributed by atoms with van der Waals surface area (Å²) in [7, 11) is 5.59. The molecule has 0 aliphatic carbocycles. The number of nitrogens with one attached hydrogen (secondary N) is 2. The molecule has 29 heavy (non-hydrogen) atoms. The van der Waals surface area contributed by atoms with Gasteiger partial charge in [-0.05, 0) is 56.4 Å². The first-order valence-electron chi connectivity index (χ1n) is 9.40. The van der Waals surface area contributed by atoms with Gasteiger partial charge in [0.05, 0.1) is 24.7 Å². The van der Waals surface area contributed by atoms with Gasteiger partial charge in [0, 0.05) is 12.2 Å². The predicted molar refractivity (Wildman–Crippen MR) is 120 cm³/mol. The van der Waals surface area contributed by atoms with Crippen LogP contribution < -0.4 is 15.4 Å². The lowest BCUT2D eigenvalue weighted by Crippen LogP contribution is -2.35. The van der Waals surface area contributed by atoms with Crippen molar-refractivity contribution in [3.05, 3.63) is 59.7 Å².